The number of rotatable bonds is 8. The number of carbonyl (C=O) groups excluding carboxylic acids is 1. The Bertz CT molecular complexity index is 641. The van der Waals surface area contributed by atoms with Gasteiger partial charge in [-0.3, -0.25) is 4.79 Å². The zero-order valence-electron chi connectivity index (χ0n) is 13.2. The van der Waals surface area contributed by atoms with Gasteiger partial charge in [-0.2, -0.15) is 0 Å². The summed E-state index contributed by atoms with van der Waals surface area (Å²) in [6.45, 7) is 2.28. The van der Waals surface area contributed by atoms with E-state index in [9.17, 15) is 9.90 Å². The monoisotopic (exact) mass is 316 g/mol. The van der Waals surface area contributed by atoms with Crippen molar-refractivity contribution in [3.05, 3.63) is 59.7 Å². The molecule has 5 heteroatoms. The van der Waals surface area contributed by atoms with Gasteiger partial charge in [-0.1, -0.05) is 30.3 Å². The Morgan fingerprint density at radius 1 is 1.13 bits per heavy atom. The Morgan fingerprint density at radius 3 is 2.48 bits per heavy atom. The summed E-state index contributed by atoms with van der Waals surface area (Å²) >= 11 is 0. The lowest BCUT2D eigenvalue weighted by Gasteiger charge is -2.23. The molecule has 0 bridgehead atoms. The van der Waals surface area contributed by atoms with E-state index in [4.69, 9.17) is 14.2 Å². The summed E-state index contributed by atoms with van der Waals surface area (Å²) in [5.41, 5.74) is 1.32. The Balaban J connectivity index is 2.21. The number of aldehydes is 1. The Labute approximate surface area is 135 Å². The van der Waals surface area contributed by atoms with Gasteiger partial charge in [0.15, 0.2) is 17.8 Å². The van der Waals surface area contributed by atoms with Crippen LogP contribution >= 0.6 is 0 Å². The maximum absolute atomic E-state index is 11.2. The number of hydrogen-bond donors (Lipinski definition) is 1. The predicted molar refractivity (Wildman–Crippen MR) is 85.4 cm³/mol. The average molecular weight is 316 g/mol. The third-order valence-electron chi connectivity index (χ3n) is 3.34. The largest absolute Gasteiger partial charge is 0.493 e. The average Bonchev–Trinajstić information content (AvgIpc) is 2.60. The molecule has 0 amide bonds. The molecule has 2 aromatic rings. The van der Waals surface area contributed by atoms with Gasteiger partial charge in [-0.15, -0.1) is 0 Å². The lowest BCUT2D eigenvalue weighted by Crippen LogP contribution is -2.31. The molecule has 0 fully saturated rings. The van der Waals surface area contributed by atoms with Crippen molar-refractivity contribution in [2.24, 2.45) is 0 Å². The van der Waals surface area contributed by atoms with Crippen LogP contribution in [0.4, 0.5) is 0 Å². The first kappa shape index (κ1) is 17.0. The van der Waals surface area contributed by atoms with Crippen LogP contribution < -0.4 is 9.47 Å². The van der Waals surface area contributed by atoms with E-state index in [1.165, 1.54) is 13.2 Å². The van der Waals surface area contributed by atoms with Crippen LogP contribution in [0.1, 0.15) is 18.1 Å². The maximum Gasteiger partial charge on any atom is 0.251 e. The first-order chi connectivity index (χ1) is 11.1. The summed E-state index contributed by atoms with van der Waals surface area (Å²) in [5, 5.41) is 10.2. The molecule has 23 heavy (non-hydrogen) atoms. The van der Waals surface area contributed by atoms with Gasteiger partial charge in [-0.25, -0.2) is 0 Å². The highest BCUT2D eigenvalue weighted by Gasteiger charge is 2.30. The van der Waals surface area contributed by atoms with E-state index in [1.807, 2.05) is 30.3 Å². The minimum atomic E-state index is -1.99. The van der Waals surface area contributed by atoms with Crippen LogP contribution in [0.3, 0.4) is 0 Å². The van der Waals surface area contributed by atoms with Gasteiger partial charge in [0.2, 0.25) is 0 Å². The minimum Gasteiger partial charge on any atom is -0.493 e. The fraction of sp³-hybridized carbons (Fsp3) is 0.278. The third-order valence-corrected chi connectivity index (χ3v) is 3.34. The molecule has 1 N–H and O–H groups in total. The summed E-state index contributed by atoms with van der Waals surface area (Å²) < 4.78 is 16.1. The standard InChI is InChI=1S/C18H20O5/c1-3-23-18(20,13-19)15-9-10-16(17(11-15)21-2)22-12-14-7-5-4-6-8-14/h4-11,13,20H,3,12H2,1-2H3. The smallest absolute Gasteiger partial charge is 0.251 e. The first-order valence-corrected chi connectivity index (χ1v) is 7.31. The van der Waals surface area contributed by atoms with E-state index >= 15 is 0 Å². The lowest BCUT2D eigenvalue weighted by atomic mass is 10.1. The van der Waals surface area contributed by atoms with Crippen molar-refractivity contribution < 1.29 is 24.1 Å². The summed E-state index contributed by atoms with van der Waals surface area (Å²) in [6.07, 6.45) is 0.357. The molecule has 5 nitrogen and oxygen atoms in total. The molecule has 122 valence electrons. The molecular weight excluding hydrogens is 296 g/mol. The van der Waals surface area contributed by atoms with Crippen molar-refractivity contribution in [3.8, 4) is 11.5 Å². The van der Waals surface area contributed by atoms with Gasteiger partial charge in [0.25, 0.3) is 5.79 Å². The van der Waals surface area contributed by atoms with Crippen LogP contribution in [0, 0.1) is 0 Å². The van der Waals surface area contributed by atoms with E-state index in [2.05, 4.69) is 0 Å². The number of hydrogen-bond acceptors (Lipinski definition) is 5. The Morgan fingerprint density at radius 2 is 1.87 bits per heavy atom. The second kappa shape index (κ2) is 7.76. The summed E-state index contributed by atoms with van der Waals surface area (Å²) in [4.78, 5) is 11.2. The molecule has 1 unspecified atom stereocenters. The van der Waals surface area contributed by atoms with Crippen LogP contribution in [0.15, 0.2) is 48.5 Å². The third kappa shape index (κ3) is 4.09. The van der Waals surface area contributed by atoms with E-state index < -0.39 is 5.79 Å². The van der Waals surface area contributed by atoms with E-state index in [1.54, 1.807) is 19.1 Å². The van der Waals surface area contributed by atoms with Gasteiger partial charge in [0.05, 0.1) is 7.11 Å². The summed E-state index contributed by atoms with van der Waals surface area (Å²) in [6, 6.07) is 14.5. The zero-order valence-corrected chi connectivity index (χ0v) is 13.2. The quantitative estimate of drug-likeness (QED) is 0.599. The molecule has 2 aromatic carbocycles. The minimum absolute atomic E-state index is 0.198. The predicted octanol–water partition coefficient (Wildman–Crippen LogP) is 2.65. The molecule has 0 aliphatic heterocycles. The number of aliphatic hydroxyl groups is 1. The van der Waals surface area contributed by atoms with Gasteiger partial charge < -0.3 is 19.3 Å². The van der Waals surface area contributed by atoms with Crippen molar-refractivity contribution in [2.75, 3.05) is 13.7 Å². The van der Waals surface area contributed by atoms with Crippen molar-refractivity contribution >= 4 is 6.29 Å². The van der Waals surface area contributed by atoms with Crippen molar-refractivity contribution in [1.82, 2.24) is 0 Å². The molecule has 0 saturated heterocycles. The second-order valence-electron chi connectivity index (χ2n) is 4.89. The first-order valence-electron chi connectivity index (χ1n) is 7.31. The van der Waals surface area contributed by atoms with Crippen LogP contribution in [-0.2, 0) is 21.9 Å². The molecule has 0 aliphatic carbocycles. The topological polar surface area (TPSA) is 65.0 Å². The van der Waals surface area contributed by atoms with Gasteiger partial charge in [0.1, 0.15) is 6.61 Å². The van der Waals surface area contributed by atoms with Crippen LogP contribution in [0.25, 0.3) is 0 Å². The van der Waals surface area contributed by atoms with Crippen molar-refractivity contribution in [3.63, 3.8) is 0 Å². The lowest BCUT2D eigenvalue weighted by molar-refractivity contribution is -0.197. The van der Waals surface area contributed by atoms with Crippen LogP contribution in [-0.4, -0.2) is 25.1 Å². The van der Waals surface area contributed by atoms with Gasteiger partial charge in [0, 0.05) is 12.2 Å². The molecular formula is C18H20O5. The van der Waals surface area contributed by atoms with E-state index in [0.717, 1.165) is 5.56 Å². The fourth-order valence-electron chi connectivity index (χ4n) is 2.15. The molecule has 0 heterocycles. The number of benzene rings is 2. The second-order valence-corrected chi connectivity index (χ2v) is 4.89. The molecule has 2 rings (SSSR count). The molecule has 0 radical (unpaired) electrons. The molecule has 0 aromatic heterocycles. The molecule has 0 spiro atoms. The molecule has 0 saturated carbocycles. The van der Waals surface area contributed by atoms with E-state index in [0.29, 0.717) is 30.0 Å². The molecule has 1 atom stereocenters. The van der Waals surface area contributed by atoms with E-state index in [-0.39, 0.29) is 6.61 Å². The SMILES string of the molecule is CCOC(O)(C=O)c1ccc(OCc2ccccc2)c(OC)c1. The number of ether oxygens (including phenoxy) is 3. The highest BCUT2D eigenvalue weighted by Crippen LogP contribution is 2.33. The maximum atomic E-state index is 11.2. The summed E-state index contributed by atoms with van der Waals surface area (Å²) in [5.74, 6) is -1.05. The molecule has 0 aliphatic rings. The van der Waals surface area contributed by atoms with Crippen molar-refractivity contribution in [1.29, 1.82) is 0 Å². The normalized spacial score (nSPS) is 13.2. The van der Waals surface area contributed by atoms with Crippen LogP contribution in [0.2, 0.25) is 0 Å². The van der Waals surface area contributed by atoms with Gasteiger partial charge >= 0.3 is 0 Å². The zero-order chi connectivity index (χ0) is 16.7. The highest BCUT2D eigenvalue weighted by atomic mass is 16.6. The highest BCUT2D eigenvalue weighted by molar-refractivity contribution is 5.64. The van der Waals surface area contributed by atoms with Crippen molar-refractivity contribution in [2.45, 2.75) is 19.3 Å². The number of carbonyl (C=O) groups is 1. The summed E-state index contributed by atoms with van der Waals surface area (Å²) in [7, 11) is 1.50. The Hall–Kier alpha value is -2.37. The Kier molecular flexibility index (Phi) is 5.73. The van der Waals surface area contributed by atoms with Gasteiger partial charge in [-0.05, 0) is 30.7 Å². The fourth-order valence-corrected chi connectivity index (χ4v) is 2.15. The van der Waals surface area contributed by atoms with Crippen LogP contribution in [0.5, 0.6) is 11.5 Å². The number of methoxy groups -OCH3 is 1.